The minimum absolute atomic E-state index is 0.0224. The number of hydrogen-bond acceptors (Lipinski definition) is 2. The van der Waals surface area contributed by atoms with Crippen LogP contribution in [0, 0.1) is 0 Å². The Morgan fingerprint density at radius 3 is 2.75 bits per heavy atom. The summed E-state index contributed by atoms with van der Waals surface area (Å²) < 4.78 is 0. The average Bonchev–Trinajstić information content (AvgIpc) is 2.56. The maximum Gasteiger partial charge on any atom is 0.351 e. The van der Waals surface area contributed by atoms with Crippen LogP contribution < -0.4 is 0 Å². The first-order chi connectivity index (χ1) is 7.54. The van der Waals surface area contributed by atoms with Crippen LogP contribution >= 0.6 is 23.2 Å². The van der Waals surface area contributed by atoms with E-state index in [9.17, 15) is 4.79 Å². The van der Waals surface area contributed by atoms with E-state index in [4.69, 9.17) is 28.3 Å². The number of nitrogens with zero attached hydrogens (tertiary/aromatic N) is 1. The summed E-state index contributed by atoms with van der Waals surface area (Å²) in [6.45, 7) is 3.60. The standard InChI is InChI=1S/C11H7Cl2NO2/c1-2-6-9-7(13)3-5(12)4-8(9)14-10(6)11(15)16/h2-4,6H,1H2,(H,15,16). The van der Waals surface area contributed by atoms with E-state index < -0.39 is 11.9 Å². The summed E-state index contributed by atoms with van der Waals surface area (Å²) in [6.07, 6.45) is 1.51. The third-order valence-electron chi connectivity index (χ3n) is 2.37. The Labute approximate surface area is 102 Å². The van der Waals surface area contributed by atoms with Gasteiger partial charge in [0, 0.05) is 15.6 Å². The predicted octanol–water partition coefficient (Wildman–Crippen LogP) is 3.43. The molecule has 1 aliphatic heterocycles. The van der Waals surface area contributed by atoms with Crippen molar-refractivity contribution in [1.82, 2.24) is 0 Å². The number of carboxylic acids is 1. The molecule has 0 spiro atoms. The van der Waals surface area contributed by atoms with E-state index in [1.807, 2.05) is 0 Å². The van der Waals surface area contributed by atoms with Gasteiger partial charge in [-0.3, -0.25) is 0 Å². The van der Waals surface area contributed by atoms with Crippen LogP contribution in [0.2, 0.25) is 10.0 Å². The molecule has 0 amide bonds. The second-order valence-corrected chi connectivity index (χ2v) is 4.18. The molecule has 0 saturated carbocycles. The van der Waals surface area contributed by atoms with Gasteiger partial charge in [0.1, 0.15) is 5.71 Å². The van der Waals surface area contributed by atoms with E-state index in [1.165, 1.54) is 6.08 Å². The molecule has 1 aromatic rings. The number of hydrogen-bond donors (Lipinski definition) is 1. The zero-order valence-corrected chi connectivity index (χ0v) is 9.59. The van der Waals surface area contributed by atoms with Crippen molar-refractivity contribution < 1.29 is 9.90 Å². The highest BCUT2D eigenvalue weighted by Gasteiger charge is 2.31. The molecule has 1 N–H and O–H groups in total. The molecule has 0 bridgehead atoms. The first-order valence-corrected chi connectivity index (χ1v) is 5.23. The van der Waals surface area contributed by atoms with Crippen LogP contribution in [-0.4, -0.2) is 16.8 Å². The molecular formula is C11H7Cl2NO2. The average molecular weight is 256 g/mol. The van der Waals surface area contributed by atoms with Crippen LogP contribution in [0.5, 0.6) is 0 Å². The SMILES string of the molecule is C=CC1C(C(=O)O)=Nc2cc(Cl)cc(Cl)c21. The number of aliphatic imine (C=N–C) groups is 1. The molecule has 0 aliphatic carbocycles. The second kappa shape index (κ2) is 3.92. The van der Waals surface area contributed by atoms with Gasteiger partial charge in [0.25, 0.3) is 0 Å². The van der Waals surface area contributed by atoms with Crippen molar-refractivity contribution in [3.8, 4) is 0 Å². The minimum atomic E-state index is -1.08. The Hall–Kier alpha value is -1.32. The van der Waals surface area contributed by atoms with Gasteiger partial charge < -0.3 is 5.11 Å². The van der Waals surface area contributed by atoms with Crippen LogP contribution in [0.25, 0.3) is 0 Å². The number of aliphatic carboxylic acids is 1. The summed E-state index contributed by atoms with van der Waals surface area (Å²) in [5, 5.41) is 9.83. The van der Waals surface area contributed by atoms with Gasteiger partial charge >= 0.3 is 5.97 Å². The van der Waals surface area contributed by atoms with Gasteiger partial charge in [-0.1, -0.05) is 29.3 Å². The Morgan fingerprint density at radius 2 is 2.19 bits per heavy atom. The Morgan fingerprint density at radius 1 is 1.50 bits per heavy atom. The lowest BCUT2D eigenvalue weighted by molar-refractivity contribution is -0.129. The molecule has 0 fully saturated rings. The first kappa shape index (κ1) is 11.2. The lowest BCUT2D eigenvalue weighted by Gasteiger charge is -2.08. The monoisotopic (exact) mass is 255 g/mol. The third kappa shape index (κ3) is 1.62. The van der Waals surface area contributed by atoms with Crippen LogP contribution in [0.4, 0.5) is 5.69 Å². The number of rotatable bonds is 2. The number of allylic oxidation sites excluding steroid dienone is 1. The van der Waals surface area contributed by atoms with Crippen LogP contribution in [0.1, 0.15) is 11.5 Å². The molecule has 0 radical (unpaired) electrons. The fourth-order valence-corrected chi connectivity index (χ4v) is 2.32. The van der Waals surface area contributed by atoms with Crippen molar-refractivity contribution in [3.63, 3.8) is 0 Å². The maximum atomic E-state index is 11.0. The molecule has 1 unspecified atom stereocenters. The highest BCUT2D eigenvalue weighted by molar-refractivity contribution is 6.42. The molecule has 1 atom stereocenters. The second-order valence-electron chi connectivity index (χ2n) is 3.34. The molecule has 1 aliphatic rings. The molecular weight excluding hydrogens is 249 g/mol. The van der Waals surface area contributed by atoms with Crippen molar-refractivity contribution in [2.45, 2.75) is 5.92 Å². The fourth-order valence-electron chi connectivity index (χ4n) is 1.72. The molecule has 82 valence electrons. The topological polar surface area (TPSA) is 49.7 Å². The molecule has 3 nitrogen and oxygen atoms in total. The van der Waals surface area contributed by atoms with Crippen molar-refractivity contribution in [1.29, 1.82) is 0 Å². The molecule has 2 rings (SSSR count). The smallest absolute Gasteiger partial charge is 0.351 e. The summed E-state index contributed by atoms with van der Waals surface area (Å²) in [4.78, 5) is 15.0. The Kier molecular flexibility index (Phi) is 2.74. The van der Waals surface area contributed by atoms with Crippen LogP contribution in [0.15, 0.2) is 29.8 Å². The van der Waals surface area contributed by atoms with Crippen molar-refractivity contribution >= 4 is 40.6 Å². The lowest BCUT2D eigenvalue weighted by Crippen LogP contribution is -2.17. The number of benzene rings is 1. The molecule has 5 heteroatoms. The van der Waals surface area contributed by atoms with E-state index in [1.54, 1.807) is 12.1 Å². The lowest BCUT2D eigenvalue weighted by atomic mass is 9.96. The van der Waals surface area contributed by atoms with Gasteiger partial charge in [0.2, 0.25) is 0 Å². The molecule has 0 saturated heterocycles. The quantitative estimate of drug-likeness (QED) is 0.824. The summed E-state index contributed by atoms with van der Waals surface area (Å²) in [5.74, 6) is -1.55. The number of fused-ring (bicyclic) bond motifs is 1. The normalized spacial score (nSPS) is 17.9. The highest BCUT2D eigenvalue weighted by Crippen LogP contribution is 2.42. The van der Waals surface area contributed by atoms with E-state index in [-0.39, 0.29) is 5.71 Å². The number of carbonyl (C=O) groups is 1. The number of halogens is 2. The van der Waals surface area contributed by atoms with Crippen molar-refractivity contribution in [3.05, 3.63) is 40.4 Å². The fraction of sp³-hybridized carbons (Fsp3) is 0.0909. The molecule has 0 aromatic heterocycles. The van der Waals surface area contributed by atoms with Gasteiger partial charge in [0.05, 0.1) is 11.6 Å². The largest absolute Gasteiger partial charge is 0.477 e. The van der Waals surface area contributed by atoms with Gasteiger partial charge in [-0.25, -0.2) is 9.79 Å². The van der Waals surface area contributed by atoms with E-state index in [2.05, 4.69) is 11.6 Å². The number of carboxylic acid groups (broad SMARTS) is 1. The van der Waals surface area contributed by atoms with Gasteiger partial charge in [0.15, 0.2) is 0 Å². The molecule has 1 aromatic carbocycles. The van der Waals surface area contributed by atoms with Crippen LogP contribution in [0.3, 0.4) is 0 Å². The highest BCUT2D eigenvalue weighted by atomic mass is 35.5. The van der Waals surface area contributed by atoms with E-state index in [0.717, 1.165) is 0 Å². The third-order valence-corrected chi connectivity index (χ3v) is 2.90. The predicted molar refractivity (Wildman–Crippen MR) is 64.1 cm³/mol. The van der Waals surface area contributed by atoms with Crippen molar-refractivity contribution in [2.75, 3.05) is 0 Å². The Balaban J connectivity index is 2.64. The maximum absolute atomic E-state index is 11.0. The van der Waals surface area contributed by atoms with E-state index >= 15 is 0 Å². The van der Waals surface area contributed by atoms with Gasteiger partial charge in [-0.2, -0.15) is 0 Å². The zero-order valence-electron chi connectivity index (χ0n) is 8.08. The van der Waals surface area contributed by atoms with E-state index in [0.29, 0.717) is 21.3 Å². The Bertz CT molecular complexity index is 523. The minimum Gasteiger partial charge on any atom is -0.477 e. The zero-order chi connectivity index (χ0) is 11.9. The summed E-state index contributed by atoms with van der Waals surface area (Å²) in [6, 6.07) is 3.16. The molecule has 1 heterocycles. The van der Waals surface area contributed by atoms with Gasteiger partial charge in [-0.05, 0) is 12.1 Å². The summed E-state index contributed by atoms with van der Waals surface area (Å²) >= 11 is 11.8. The summed E-state index contributed by atoms with van der Waals surface area (Å²) in [7, 11) is 0. The van der Waals surface area contributed by atoms with Gasteiger partial charge in [-0.15, -0.1) is 6.58 Å². The summed E-state index contributed by atoms with van der Waals surface area (Å²) in [5.41, 5.74) is 1.17. The first-order valence-electron chi connectivity index (χ1n) is 4.48. The van der Waals surface area contributed by atoms with Crippen LogP contribution in [-0.2, 0) is 4.79 Å². The molecule has 16 heavy (non-hydrogen) atoms. The van der Waals surface area contributed by atoms with Crippen molar-refractivity contribution in [2.24, 2.45) is 4.99 Å².